The van der Waals surface area contributed by atoms with Crippen LogP contribution in [0.4, 0.5) is 13.2 Å². The first-order chi connectivity index (χ1) is 12.4. The van der Waals surface area contributed by atoms with Gasteiger partial charge in [0.05, 0.1) is 18.4 Å². The van der Waals surface area contributed by atoms with Gasteiger partial charge in [0.25, 0.3) is 0 Å². The van der Waals surface area contributed by atoms with Crippen molar-refractivity contribution < 1.29 is 23.0 Å². The summed E-state index contributed by atoms with van der Waals surface area (Å²) in [4.78, 5) is 4.21. The van der Waals surface area contributed by atoms with Crippen molar-refractivity contribution in [1.82, 2.24) is 4.98 Å². The Morgan fingerprint density at radius 1 is 0.808 bits per heavy atom. The van der Waals surface area contributed by atoms with Crippen LogP contribution in [0.5, 0.6) is 5.75 Å². The standard InChI is InChI=1S/C20H16F3NO2/c1-26-17-11-9-15(10-12-17)19(25,18-4-2-3-13-24-18)14-5-7-16(8-6-14)20(21,22)23/h2-13,25H,1H3. The molecule has 3 aromatic rings. The van der Waals surface area contributed by atoms with Crippen LogP contribution in [0.25, 0.3) is 0 Å². The molecular formula is C20H16F3NO2. The van der Waals surface area contributed by atoms with Crippen molar-refractivity contribution in [3.8, 4) is 5.75 Å². The van der Waals surface area contributed by atoms with Gasteiger partial charge in [0.15, 0.2) is 5.60 Å². The fourth-order valence-corrected chi connectivity index (χ4v) is 2.77. The SMILES string of the molecule is COc1ccc(C(O)(c2ccc(C(F)(F)F)cc2)c2ccccn2)cc1. The first kappa shape index (κ1) is 17.9. The molecule has 0 amide bonds. The van der Waals surface area contributed by atoms with Gasteiger partial charge < -0.3 is 9.84 Å². The Morgan fingerprint density at radius 3 is 1.81 bits per heavy atom. The van der Waals surface area contributed by atoms with Crippen LogP contribution < -0.4 is 4.74 Å². The van der Waals surface area contributed by atoms with E-state index in [0.717, 1.165) is 12.1 Å². The summed E-state index contributed by atoms with van der Waals surface area (Å²) in [7, 11) is 1.52. The van der Waals surface area contributed by atoms with E-state index in [4.69, 9.17) is 4.74 Å². The topological polar surface area (TPSA) is 42.4 Å². The molecule has 3 nitrogen and oxygen atoms in total. The molecule has 1 unspecified atom stereocenters. The number of hydrogen-bond acceptors (Lipinski definition) is 3. The van der Waals surface area contributed by atoms with Crippen molar-refractivity contribution in [2.45, 2.75) is 11.8 Å². The number of pyridine rings is 1. The van der Waals surface area contributed by atoms with Crippen molar-refractivity contribution in [2.75, 3.05) is 7.11 Å². The van der Waals surface area contributed by atoms with Crippen LogP contribution >= 0.6 is 0 Å². The Balaban J connectivity index is 2.15. The monoisotopic (exact) mass is 359 g/mol. The quantitative estimate of drug-likeness (QED) is 0.751. The fraction of sp³-hybridized carbons (Fsp3) is 0.150. The number of halogens is 3. The molecule has 0 aliphatic heterocycles. The highest BCUT2D eigenvalue weighted by molar-refractivity contribution is 5.46. The third-order valence-corrected chi connectivity index (χ3v) is 4.17. The molecule has 0 spiro atoms. The minimum absolute atomic E-state index is 0.286. The van der Waals surface area contributed by atoms with Gasteiger partial charge in [-0.25, -0.2) is 0 Å². The second kappa shape index (κ2) is 6.80. The molecule has 26 heavy (non-hydrogen) atoms. The largest absolute Gasteiger partial charge is 0.497 e. The molecule has 2 aromatic carbocycles. The molecule has 0 saturated carbocycles. The average Bonchev–Trinajstić information content (AvgIpc) is 2.67. The summed E-state index contributed by atoms with van der Waals surface area (Å²) in [5.41, 5.74) is -1.41. The molecule has 0 radical (unpaired) electrons. The number of rotatable bonds is 4. The van der Waals surface area contributed by atoms with Gasteiger partial charge in [-0.05, 0) is 47.5 Å². The Kier molecular flexibility index (Phi) is 4.70. The normalized spacial score (nSPS) is 13.9. The number of hydrogen-bond donors (Lipinski definition) is 1. The Morgan fingerprint density at radius 2 is 1.35 bits per heavy atom. The van der Waals surface area contributed by atoms with Crippen molar-refractivity contribution in [1.29, 1.82) is 0 Å². The molecule has 1 heterocycles. The van der Waals surface area contributed by atoms with Gasteiger partial charge in [-0.15, -0.1) is 0 Å². The van der Waals surface area contributed by atoms with Crippen LogP contribution in [0.3, 0.4) is 0 Å². The number of methoxy groups -OCH3 is 1. The van der Waals surface area contributed by atoms with E-state index in [9.17, 15) is 18.3 Å². The highest BCUT2D eigenvalue weighted by atomic mass is 19.4. The van der Waals surface area contributed by atoms with Gasteiger partial charge in [-0.1, -0.05) is 30.3 Å². The zero-order chi connectivity index (χ0) is 18.8. The summed E-state index contributed by atoms with van der Waals surface area (Å²) >= 11 is 0. The smallest absolute Gasteiger partial charge is 0.416 e. The molecule has 6 heteroatoms. The van der Waals surface area contributed by atoms with Crippen molar-refractivity contribution in [3.63, 3.8) is 0 Å². The number of aromatic nitrogens is 1. The Labute approximate surface area is 148 Å². The van der Waals surface area contributed by atoms with Gasteiger partial charge in [0.1, 0.15) is 5.75 Å². The van der Waals surface area contributed by atoms with Crippen LogP contribution in [0, 0.1) is 0 Å². The number of alkyl halides is 3. The summed E-state index contributed by atoms with van der Waals surface area (Å²) in [5, 5.41) is 11.5. The molecule has 0 bridgehead atoms. The van der Waals surface area contributed by atoms with Gasteiger partial charge in [0.2, 0.25) is 0 Å². The lowest BCUT2D eigenvalue weighted by Gasteiger charge is -2.29. The molecule has 3 rings (SSSR count). The maximum atomic E-state index is 12.9. The maximum absolute atomic E-state index is 12.9. The van der Waals surface area contributed by atoms with Gasteiger partial charge >= 0.3 is 6.18 Å². The first-order valence-corrected chi connectivity index (χ1v) is 7.82. The molecule has 0 saturated heterocycles. The van der Waals surface area contributed by atoms with Crippen LogP contribution in [0.15, 0.2) is 72.9 Å². The van der Waals surface area contributed by atoms with Crippen LogP contribution in [0.2, 0.25) is 0 Å². The maximum Gasteiger partial charge on any atom is 0.416 e. The minimum atomic E-state index is -4.44. The Hall–Kier alpha value is -2.86. The molecule has 0 aliphatic rings. The summed E-state index contributed by atoms with van der Waals surface area (Å²) < 4.78 is 43.7. The first-order valence-electron chi connectivity index (χ1n) is 7.82. The number of ether oxygens (including phenoxy) is 1. The third-order valence-electron chi connectivity index (χ3n) is 4.17. The van der Waals surface area contributed by atoms with Crippen LogP contribution in [-0.2, 0) is 11.8 Å². The van der Waals surface area contributed by atoms with E-state index in [-0.39, 0.29) is 5.56 Å². The van der Waals surface area contributed by atoms with Crippen molar-refractivity contribution >= 4 is 0 Å². The summed E-state index contributed by atoms with van der Waals surface area (Å²) in [6, 6.07) is 16.1. The van der Waals surface area contributed by atoms with Crippen LogP contribution in [-0.4, -0.2) is 17.2 Å². The molecule has 134 valence electrons. The molecule has 1 atom stereocenters. The van der Waals surface area contributed by atoms with E-state index in [0.29, 0.717) is 17.0 Å². The average molecular weight is 359 g/mol. The van der Waals surface area contributed by atoms with E-state index in [1.807, 2.05) is 0 Å². The van der Waals surface area contributed by atoms with Crippen molar-refractivity contribution in [3.05, 3.63) is 95.3 Å². The van der Waals surface area contributed by atoms with E-state index in [1.165, 1.54) is 25.4 Å². The third kappa shape index (κ3) is 3.28. The van der Waals surface area contributed by atoms with E-state index in [2.05, 4.69) is 4.98 Å². The zero-order valence-corrected chi connectivity index (χ0v) is 13.9. The lowest BCUT2D eigenvalue weighted by molar-refractivity contribution is -0.137. The van der Waals surface area contributed by atoms with Crippen molar-refractivity contribution in [2.24, 2.45) is 0 Å². The lowest BCUT2D eigenvalue weighted by atomic mass is 9.83. The second-order valence-corrected chi connectivity index (χ2v) is 5.73. The van der Waals surface area contributed by atoms with E-state index in [1.54, 1.807) is 42.5 Å². The van der Waals surface area contributed by atoms with Gasteiger partial charge in [0, 0.05) is 6.20 Å². The second-order valence-electron chi connectivity index (χ2n) is 5.73. The lowest BCUT2D eigenvalue weighted by Crippen LogP contribution is -2.30. The molecule has 0 aliphatic carbocycles. The fourth-order valence-electron chi connectivity index (χ4n) is 2.77. The Bertz CT molecular complexity index is 862. The summed E-state index contributed by atoms with van der Waals surface area (Å²) in [5.74, 6) is 0.601. The van der Waals surface area contributed by atoms with Gasteiger partial charge in [-0.3, -0.25) is 4.98 Å². The van der Waals surface area contributed by atoms with E-state index < -0.39 is 17.3 Å². The van der Waals surface area contributed by atoms with Crippen LogP contribution in [0.1, 0.15) is 22.4 Å². The molecule has 1 aromatic heterocycles. The number of aliphatic hydroxyl groups is 1. The molecule has 1 N–H and O–H groups in total. The zero-order valence-electron chi connectivity index (χ0n) is 13.9. The van der Waals surface area contributed by atoms with Gasteiger partial charge in [-0.2, -0.15) is 13.2 Å². The molecule has 0 fully saturated rings. The highest BCUT2D eigenvalue weighted by Gasteiger charge is 2.37. The predicted molar refractivity (Wildman–Crippen MR) is 90.8 cm³/mol. The molecular weight excluding hydrogens is 343 g/mol. The minimum Gasteiger partial charge on any atom is -0.497 e. The van der Waals surface area contributed by atoms with E-state index >= 15 is 0 Å². The highest BCUT2D eigenvalue weighted by Crippen LogP contribution is 2.38. The predicted octanol–water partition coefficient (Wildman–Crippen LogP) is 4.39. The number of benzene rings is 2. The summed E-state index contributed by atoms with van der Waals surface area (Å²) in [6.45, 7) is 0. The number of nitrogens with zero attached hydrogens (tertiary/aromatic N) is 1. The summed E-state index contributed by atoms with van der Waals surface area (Å²) in [6.07, 6.45) is -2.92.